The number of nitrogens with one attached hydrogen (secondary N) is 3. The number of rotatable bonds is 11. The molecule has 2 amide bonds. The number of aromatic nitrogens is 2. The van der Waals surface area contributed by atoms with Gasteiger partial charge in [-0.1, -0.05) is 18.2 Å². The summed E-state index contributed by atoms with van der Waals surface area (Å²) in [5.74, 6) is -0.804. The number of anilines is 2. The van der Waals surface area contributed by atoms with Crippen molar-refractivity contribution in [3.8, 4) is 11.6 Å². The van der Waals surface area contributed by atoms with Gasteiger partial charge in [-0.3, -0.25) is 10.2 Å². The molecular formula is C28H34F4N6O3. The number of hydrogen-bond donors (Lipinski definition) is 3. The molecule has 3 N–H and O–H groups in total. The Balaban J connectivity index is 1.57. The number of carbonyl (C=O) groups is 1. The lowest BCUT2D eigenvalue weighted by Gasteiger charge is -2.26. The van der Waals surface area contributed by atoms with Crippen LogP contribution in [0.3, 0.4) is 0 Å². The van der Waals surface area contributed by atoms with Crippen LogP contribution < -0.4 is 20.7 Å². The van der Waals surface area contributed by atoms with Crippen LogP contribution >= 0.6 is 0 Å². The minimum absolute atomic E-state index is 0.150. The quantitative estimate of drug-likeness (QED) is 0.223. The molecule has 13 heteroatoms. The third kappa shape index (κ3) is 7.96. The zero-order valence-electron chi connectivity index (χ0n) is 23.0. The molecule has 0 saturated carbocycles. The summed E-state index contributed by atoms with van der Waals surface area (Å²) in [7, 11) is 1.49. The van der Waals surface area contributed by atoms with E-state index in [1.54, 1.807) is 19.1 Å². The second-order valence-corrected chi connectivity index (χ2v) is 9.63. The summed E-state index contributed by atoms with van der Waals surface area (Å²) in [5.41, 5.74) is -0.214. The van der Waals surface area contributed by atoms with Crippen molar-refractivity contribution in [2.45, 2.75) is 25.9 Å². The van der Waals surface area contributed by atoms with Crippen LogP contribution in [0.1, 0.15) is 23.1 Å². The van der Waals surface area contributed by atoms with E-state index in [-0.39, 0.29) is 23.5 Å². The molecule has 1 aromatic heterocycles. The number of alkyl halides is 3. The van der Waals surface area contributed by atoms with Crippen molar-refractivity contribution in [1.82, 2.24) is 20.0 Å². The van der Waals surface area contributed by atoms with Crippen LogP contribution in [-0.4, -0.2) is 73.8 Å². The van der Waals surface area contributed by atoms with Gasteiger partial charge in [-0.25, -0.2) is 13.9 Å². The number of carbonyl (C=O) groups excluding carboxylic acids is 1. The minimum atomic E-state index is -4.93. The standard InChI is InChI=1S/C28H34F4N6O3/c1-19-25(35-27(39)34-24-18-22(28(30,31)32)23(29)17-20(24)7-6-15-40-2)38(21-8-4-3-5-9-21)36-26(19)41-16-14-37-12-10-33-11-13-37/h3-5,8-9,17-18,33H,6-7,10-16H2,1-2H3,(H2,34,35,39). The summed E-state index contributed by atoms with van der Waals surface area (Å²) in [4.78, 5) is 15.4. The highest BCUT2D eigenvalue weighted by Crippen LogP contribution is 2.35. The third-order valence-electron chi connectivity index (χ3n) is 6.71. The van der Waals surface area contributed by atoms with Crippen LogP contribution in [0.2, 0.25) is 0 Å². The Bertz CT molecular complexity index is 1310. The predicted molar refractivity (Wildman–Crippen MR) is 147 cm³/mol. The number of aryl methyl sites for hydroxylation is 1. The van der Waals surface area contributed by atoms with E-state index in [0.29, 0.717) is 49.4 Å². The molecule has 0 unspecified atom stereocenters. The molecule has 9 nitrogen and oxygen atoms in total. The Hall–Kier alpha value is -3.68. The van der Waals surface area contributed by atoms with E-state index in [4.69, 9.17) is 9.47 Å². The number of hydrogen-bond acceptors (Lipinski definition) is 6. The van der Waals surface area contributed by atoms with Gasteiger partial charge in [-0.15, -0.1) is 5.10 Å². The molecule has 0 radical (unpaired) electrons. The van der Waals surface area contributed by atoms with Gasteiger partial charge in [-0.2, -0.15) is 13.2 Å². The zero-order chi connectivity index (χ0) is 29.4. The number of halogens is 4. The van der Waals surface area contributed by atoms with E-state index < -0.39 is 23.6 Å². The first-order valence-corrected chi connectivity index (χ1v) is 13.3. The summed E-state index contributed by atoms with van der Waals surface area (Å²) in [6.07, 6.45) is -4.31. The van der Waals surface area contributed by atoms with E-state index in [1.807, 2.05) is 18.2 Å². The molecule has 1 aliphatic rings. The lowest BCUT2D eigenvalue weighted by molar-refractivity contribution is -0.139. The predicted octanol–water partition coefficient (Wildman–Crippen LogP) is 4.85. The van der Waals surface area contributed by atoms with Gasteiger partial charge in [0.15, 0.2) is 0 Å². The number of para-hydroxylation sites is 1. The number of piperazine rings is 1. The number of nitrogens with zero attached hydrogens (tertiary/aromatic N) is 3. The Morgan fingerprint density at radius 3 is 2.51 bits per heavy atom. The molecule has 0 spiro atoms. The molecule has 2 aromatic carbocycles. The van der Waals surface area contributed by atoms with E-state index >= 15 is 0 Å². The highest BCUT2D eigenvalue weighted by Gasteiger charge is 2.35. The summed E-state index contributed by atoms with van der Waals surface area (Å²) < 4.78 is 67.2. The number of urea groups is 1. The van der Waals surface area contributed by atoms with Gasteiger partial charge in [0.25, 0.3) is 0 Å². The van der Waals surface area contributed by atoms with Crippen molar-refractivity contribution in [3.05, 3.63) is 65.0 Å². The van der Waals surface area contributed by atoms with E-state index in [1.165, 1.54) is 11.8 Å². The largest absolute Gasteiger partial charge is 0.475 e. The highest BCUT2D eigenvalue weighted by molar-refractivity contribution is 6.00. The van der Waals surface area contributed by atoms with Crippen LogP contribution in [0.25, 0.3) is 5.69 Å². The van der Waals surface area contributed by atoms with E-state index in [0.717, 1.165) is 32.2 Å². The maximum atomic E-state index is 14.3. The zero-order valence-corrected chi connectivity index (χ0v) is 23.0. The fourth-order valence-electron chi connectivity index (χ4n) is 4.54. The van der Waals surface area contributed by atoms with Crippen LogP contribution in [0.4, 0.5) is 33.9 Å². The average molecular weight is 579 g/mol. The molecular weight excluding hydrogens is 544 g/mol. The topological polar surface area (TPSA) is 92.7 Å². The molecule has 4 rings (SSSR count). The molecule has 1 saturated heterocycles. The van der Waals surface area contributed by atoms with E-state index in [9.17, 15) is 22.4 Å². The lowest BCUT2D eigenvalue weighted by atomic mass is 10.0. The number of amides is 2. The molecule has 222 valence electrons. The van der Waals surface area contributed by atoms with Crippen molar-refractivity contribution >= 4 is 17.5 Å². The minimum Gasteiger partial charge on any atom is -0.475 e. The monoisotopic (exact) mass is 578 g/mol. The molecule has 41 heavy (non-hydrogen) atoms. The smallest absolute Gasteiger partial charge is 0.419 e. The second kappa shape index (κ2) is 13.8. The van der Waals surface area contributed by atoms with Crippen molar-refractivity contribution in [3.63, 3.8) is 0 Å². The maximum absolute atomic E-state index is 14.3. The highest BCUT2D eigenvalue weighted by atomic mass is 19.4. The molecule has 0 atom stereocenters. The van der Waals surface area contributed by atoms with Crippen molar-refractivity contribution in [2.24, 2.45) is 0 Å². The average Bonchev–Trinajstić information content (AvgIpc) is 3.25. The summed E-state index contributed by atoms with van der Waals surface area (Å²) >= 11 is 0. The van der Waals surface area contributed by atoms with E-state index in [2.05, 4.69) is 25.9 Å². The first-order chi connectivity index (χ1) is 19.7. The summed E-state index contributed by atoms with van der Waals surface area (Å²) in [6.45, 7) is 6.81. The van der Waals surface area contributed by atoms with Gasteiger partial charge in [0.1, 0.15) is 18.2 Å². The molecule has 1 fully saturated rings. The summed E-state index contributed by atoms with van der Waals surface area (Å²) in [6, 6.07) is 9.65. The number of ether oxygens (including phenoxy) is 2. The SMILES string of the molecule is COCCCc1cc(F)c(C(F)(F)F)cc1NC(=O)Nc1c(C)c(OCCN2CCNCC2)nn1-c1ccccc1. The van der Waals surface area contributed by atoms with Crippen LogP contribution in [0.15, 0.2) is 42.5 Å². The molecule has 1 aliphatic heterocycles. The van der Waals surface area contributed by atoms with Gasteiger partial charge < -0.3 is 20.1 Å². The molecule has 0 bridgehead atoms. The number of benzene rings is 2. The Morgan fingerprint density at radius 1 is 1.10 bits per heavy atom. The van der Waals surface area contributed by atoms with Gasteiger partial charge in [0.05, 0.1) is 16.8 Å². The van der Waals surface area contributed by atoms with Crippen molar-refractivity contribution in [2.75, 3.05) is 63.7 Å². The first-order valence-electron chi connectivity index (χ1n) is 13.3. The molecule has 0 aliphatic carbocycles. The summed E-state index contributed by atoms with van der Waals surface area (Å²) in [5, 5.41) is 13.0. The molecule has 3 aromatic rings. The van der Waals surface area contributed by atoms with Crippen LogP contribution in [0.5, 0.6) is 5.88 Å². The Morgan fingerprint density at radius 2 is 1.83 bits per heavy atom. The fraction of sp³-hybridized carbons (Fsp3) is 0.429. The van der Waals surface area contributed by atoms with Gasteiger partial charge in [-0.05, 0) is 49.6 Å². The first kappa shape index (κ1) is 30.3. The Labute approximate surface area is 235 Å². The Kier molecular flexibility index (Phi) is 10.2. The normalized spacial score (nSPS) is 14.2. The van der Waals surface area contributed by atoms with Gasteiger partial charge >= 0.3 is 12.2 Å². The van der Waals surface area contributed by atoms with Crippen molar-refractivity contribution in [1.29, 1.82) is 0 Å². The maximum Gasteiger partial charge on any atom is 0.419 e. The third-order valence-corrected chi connectivity index (χ3v) is 6.71. The number of methoxy groups -OCH3 is 1. The van der Waals surface area contributed by atoms with Crippen molar-refractivity contribution < 1.29 is 31.8 Å². The van der Waals surface area contributed by atoms with Crippen LogP contribution in [-0.2, 0) is 17.3 Å². The fourth-order valence-corrected chi connectivity index (χ4v) is 4.54. The lowest BCUT2D eigenvalue weighted by Crippen LogP contribution is -2.44. The molecule has 2 heterocycles. The van der Waals surface area contributed by atoms with Gasteiger partial charge in [0.2, 0.25) is 5.88 Å². The van der Waals surface area contributed by atoms with Gasteiger partial charge in [0, 0.05) is 52.1 Å². The second-order valence-electron chi connectivity index (χ2n) is 9.63. The van der Waals surface area contributed by atoms with Crippen LogP contribution in [0, 0.1) is 12.7 Å².